The van der Waals surface area contributed by atoms with Crippen molar-refractivity contribution in [3.8, 4) is 5.69 Å². The molecule has 0 N–H and O–H groups in total. The Labute approximate surface area is 138 Å². The number of aromatic nitrogens is 2. The third-order valence-corrected chi connectivity index (χ3v) is 5.12. The summed E-state index contributed by atoms with van der Waals surface area (Å²) in [5.41, 5.74) is 0.442. The summed E-state index contributed by atoms with van der Waals surface area (Å²) in [7, 11) is 0. The number of nitrogens with zero attached hydrogens (tertiary/aromatic N) is 3. The molecule has 2 aromatic rings. The van der Waals surface area contributed by atoms with E-state index >= 15 is 0 Å². The van der Waals surface area contributed by atoms with Crippen LogP contribution in [-0.2, 0) is 4.74 Å². The molecule has 1 heterocycles. The van der Waals surface area contributed by atoms with Gasteiger partial charge in [0.1, 0.15) is 11.8 Å². The first-order valence-corrected chi connectivity index (χ1v) is 8.09. The zero-order valence-corrected chi connectivity index (χ0v) is 13.0. The number of hydrogen-bond acceptors (Lipinski definition) is 5. The summed E-state index contributed by atoms with van der Waals surface area (Å²) < 4.78 is 7.16. The Hall–Kier alpha value is -2.70. The molecule has 1 aromatic carbocycles. The summed E-state index contributed by atoms with van der Waals surface area (Å²) in [6.07, 6.45) is 9.00. The van der Waals surface area contributed by atoms with E-state index < -0.39 is 10.9 Å². The third-order valence-electron chi connectivity index (χ3n) is 5.12. The molecule has 2 aliphatic carbocycles. The highest BCUT2D eigenvalue weighted by Gasteiger charge is 2.41. The first-order chi connectivity index (χ1) is 11.6. The average molecular weight is 327 g/mol. The quantitative estimate of drug-likeness (QED) is 0.489. The third kappa shape index (κ3) is 2.55. The number of nitro benzene ring substituents is 1. The lowest BCUT2D eigenvalue weighted by atomic mass is 9.98. The summed E-state index contributed by atoms with van der Waals surface area (Å²) >= 11 is 0. The van der Waals surface area contributed by atoms with Gasteiger partial charge in [-0.05, 0) is 49.7 Å². The van der Waals surface area contributed by atoms with Crippen LogP contribution in [0.1, 0.15) is 36.0 Å². The van der Waals surface area contributed by atoms with E-state index in [-0.39, 0.29) is 17.4 Å². The van der Waals surface area contributed by atoms with E-state index in [1.807, 2.05) is 0 Å². The maximum absolute atomic E-state index is 12.4. The van der Waals surface area contributed by atoms with Crippen LogP contribution in [0.3, 0.4) is 0 Å². The molecule has 0 aliphatic heterocycles. The molecular formula is C17H17N3O4. The van der Waals surface area contributed by atoms with E-state index in [1.165, 1.54) is 18.8 Å². The Morgan fingerprint density at radius 3 is 2.83 bits per heavy atom. The normalized spacial score (nSPS) is 24.9. The first-order valence-electron chi connectivity index (χ1n) is 8.09. The molecule has 0 unspecified atom stereocenters. The van der Waals surface area contributed by atoms with Crippen LogP contribution in [0.25, 0.3) is 5.69 Å². The van der Waals surface area contributed by atoms with Crippen molar-refractivity contribution in [1.29, 1.82) is 0 Å². The highest BCUT2D eigenvalue weighted by atomic mass is 16.6. The second kappa shape index (κ2) is 5.74. The van der Waals surface area contributed by atoms with Crippen LogP contribution in [0.5, 0.6) is 0 Å². The van der Waals surface area contributed by atoms with Crippen molar-refractivity contribution in [3.63, 3.8) is 0 Å². The van der Waals surface area contributed by atoms with Gasteiger partial charge in [-0.15, -0.1) is 0 Å². The van der Waals surface area contributed by atoms with Gasteiger partial charge in [-0.25, -0.2) is 9.78 Å². The van der Waals surface area contributed by atoms with E-state index in [0.29, 0.717) is 17.5 Å². The molecule has 0 radical (unpaired) electrons. The summed E-state index contributed by atoms with van der Waals surface area (Å²) in [5, 5.41) is 11.4. The van der Waals surface area contributed by atoms with Crippen LogP contribution in [0.4, 0.5) is 5.69 Å². The number of fused-ring (bicyclic) bond motifs is 2. The Bertz CT molecular complexity index is 787. The number of hydrogen-bond donors (Lipinski definition) is 0. The smallest absolute Gasteiger partial charge is 0.338 e. The minimum absolute atomic E-state index is 0.0383. The molecule has 24 heavy (non-hydrogen) atoms. The van der Waals surface area contributed by atoms with E-state index in [1.54, 1.807) is 29.1 Å². The van der Waals surface area contributed by atoms with Gasteiger partial charge < -0.3 is 9.30 Å². The number of ether oxygens (including phenoxy) is 1. The maximum Gasteiger partial charge on any atom is 0.338 e. The van der Waals surface area contributed by atoms with Gasteiger partial charge in [0.2, 0.25) is 0 Å². The SMILES string of the molecule is O=C(O[C@@H]1C[C@H]2CC[C@H]1C2)c1ccc(-n2ccnc2)c([N+](=O)[O-])c1. The second-order valence-corrected chi connectivity index (χ2v) is 6.55. The predicted molar refractivity (Wildman–Crippen MR) is 84.9 cm³/mol. The van der Waals surface area contributed by atoms with Gasteiger partial charge in [0, 0.05) is 18.5 Å². The number of nitro groups is 1. The highest BCUT2D eigenvalue weighted by Crippen LogP contribution is 2.46. The standard InChI is InChI=1S/C17H17N3O4/c21-17(24-16-8-11-1-2-12(16)7-11)13-3-4-14(15(9-13)20(22)23)19-6-5-18-10-19/h3-6,9-12,16H,1-2,7-8H2/t11-,12-,16+/m0/s1. The van der Waals surface area contributed by atoms with E-state index in [2.05, 4.69) is 4.98 Å². The zero-order valence-electron chi connectivity index (χ0n) is 13.0. The highest BCUT2D eigenvalue weighted by molar-refractivity contribution is 5.91. The summed E-state index contributed by atoms with van der Waals surface area (Å²) in [6, 6.07) is 4.40. The summed E-state index contributed by atoms with van der Waals surface area (Å²) in [4.78, 5) is 27.1. The van der Waals surface area contributed by atoms with Crippen molar-refractivity contribution < 1.29 is 14.5 Å². The molecule has 7 nitrogen and oxygen atoms in total. The van der Waals surface area contributed by atoms with Crippen LogP contribution in [0.15, 0.2) is 36.9 Å². The van der Waals surface area contributed by atoms with Gasteiger partial charge in [-0.1, -0.05) is 0 Å². The molecule has 3 atom stereocenters. The van der Waals surface area contributed by atoms with Gasteiger partial charge in [0.25, 0.3) is 5.69 Å². The number of benzene rings is 1. The van der Waals surface area contributed by atoms with Crippen molar-refractivity contribution in [2.24, 2.45) is 11.8 Å². The fourth-order valence-corrected chi connectivity index (χ4v) is 3.95. The number of esters is 1. The van der Waals surface area contributed by atoms with E-state index in [9.17, 15) is 14.9 Å². The van der Waals surface area contributed by atoms with E-state index in [0.717, 1.165) is 19.3 Å². The lowest BCUT2D eigenvalue weighted by Crippen LogP contribution is -2.24. The summed E-state index contributed by atoms with van der Waals surface area (Å²) in [6.45, 7) is 0. The number of imidazole rings is 1. The van der Waals surface area contributed by atoms with Crippen molar-refractivity contribution in [1.82, 2.24) is 9.55 Å². The van der Waals surface area contributed by atoms with Crippen molar-refractivity contribution >= 4 is 11.7 Å². The molecule has 2 saturated carbocycles. The molecule has 7 heteroatoms. The first kappa shape index (κ1) is 14.9. The molecule has 2 fully saturated rings. The van der Waals surface area contributed by atoms with Gasteiger partial charge in [0.05, 0.1) is 16.8 Å². The van der Waals surface area contributed by atoms with Gasteiger partial charge in [0.15, 0.2) is 0 Å². The van der Waals surface area contributed by atoms with Crippen molar-refractivity contribution in [2.45, 2.75) is 31.8 Å². The van der Waals surface area contributed by atoms with Crippen LogP contribution >= 0.6 is 0 Å². The largest absolute Gasteiger partial charge is 0.458 e. The topological polar surface area (TPSA) is 87.3 Å². The monoisotopic (exact) mass is 327 g/mol. The fraction of sp³-hybridized carbons (Fsp3) is 0.412. The van der Waals surface area contributed by atoms with E-state index in [4.69, 9.17) is 4.74 Å². The molecule has 2 aliphatic rings. The Morgan fingerprint density at radius 2 is 2.21 bits per heavy atom. The fourth-order valence-electron chi connectivity index (χ4n) is 3.95. The number of carbonyl (C=O) groups is 1. The molecule has 1 aromatic heterocycles. The number of carbonyl (C=O) groups excluding carboxylic acids is 1. The molecule has 0 amide bonds. The molecule has 124 valence electrons. The lowest BCUT2D eigenvalue weighted by molar-refractivity contribution is -0.384. The van der Waals surface area contributed by atoms with Crippen molar-refractivity contribution in [3.05, 3.63) is 52.6 Å². The molecular weight excluding hydrogens is 310 g/mol. The van der Waals surface area contributed by atoms with Crippen LogP contribution in [0.2, 0.25) is 0 Å². The minimum Gasteiger partial charge on any atom is -0.458 e. The maximum atomic E-state index is 12.4. The Balaban J connectivity index is 1.58. The predicted octanol–water partition coefficient (Wildman–Crippen LogP) is 3.13. The Kier molecular flexibility index (Phi) is 3.55. The Morgan fingerprint density at radius 1 is 1.33 bits per heavy atom. The number of rotatable bonds is 4. The van der Waals surface area contributed by atoms with Crippen molar-refractivity contribution in [2.75, 3.05) is 0 Å². The molecule has 0 saturated heterocycles. The average Bonchev–Trinajstić information content (AvgIpc) is 3.32. The summed E-state index contributed by atoms with van der Waals surface area (Å²) in [5.74, 6) is 0.651. The zero-order chi connectivity index (χ0) is 16.7. The van der Waals surface area contributed by atoms with Gasteiger partial charge in [-0.3, -0.25) is 10.1 Å². The molecule has 4 rings (SSSR count). The minimum atomic E-state index is -0.496. The lowest BCUT2D eigenvalue weighted by Gasteiger charge is -2.21. The van der Waals surface area contributed by atoms with Gasteiger partial charge in [-0.2, -0.15) is 0 Å². The van der Waals surface area contributed by atoms with Gasteiger partial charge >= 0.3 is 5.97 Å². The van der Waals surface area contributed by atoms with Crippen LogP contribution < -0.4 is 0 Å². The second-order valence-electron chi connectivity index (χ2n) is 6.55. The molecule has 2 bridgehead atoms. The van der Waals surface area contributed by atoms with Crippen LogP contribution in [-0.4, -0.2) is 26.5 Å². The molecule has 0 spiro atoms. The van der Waals surface area contributed by atoms with Crippen LogP contribution in [0, 0.1) is 22.0 Å².